The molecule has 0 unspecified atom stereocenters. The average molecular weight is 949 g/mol. The molecule has 2 aliphatic carbocycles. The van der Waals surface area contributed by atoms with Crippen LogP contribution in [0.3, 0.4) is 0 Å². The van der Waals surface area contributed by atoms with Crippen LogP contribution in [0.5, 0.6) is 0 Å². The molecule has 7 rings (SSSR count). The van der Waals surface area contributed by atoms with Crippen LogP contribution in [0.1, 0.15) is 95.8 Å². The molecule has 1 spiro atoms. The van der Waals surface area contributed by atoms with Crippen LogP contribution in [0.15, 0.2) is 97.1 Å². The van der Waals surface area contributed by atoms with Crippen molar-refractivity contribution in [2.24, 2.45) is 0 Å². The van der Waals surface area contributed by atoms with Gasteiger partial charge in [0.15, 0.2) is 30.2 Å². The minimum atomic E-state index is -5.28. The van der Waals surface area contributed by atoms with Gasteiger partial charge in [0.2, 0.25) is 0 Å². The van der Waals surface area contributed by atoms with Gasteiger partial charge in [0.05, 0.1) is 44.5 Å². The van der Waals surface area contributed by atoms with Crippen LogP contribution in [0, 0.1) is 0 Å². The normalized spacial score (nSPS) is 23.1. The van der Waals surface area contributed by atoms with Crippen molar-refractivity contribution >= 4 is 23.9 Å². The largest absolute Gasteiger partial charge is 0.452 e. The summed E-state index contributed by atoms with van der Waals surface area (Å²) in [6.45, 7) is 0. The summed E-state index contributed by atoms with van der Waals surface area (Å²) in [6.07, 6.45) is -34.3. The Bertz CT molecular complexity index is 2310. The Morgan fingerprint density at radius 3 is 0.894 bits per heavy atom. The molecule has 2 saturated carbocycles. The van der Waals surface area contributed by atoms with E-state index in [1.165, 1.54) is 0 Å². The number of alkyl halides is 12. The SMILES string of the molecule is O=C(O[C@@H]1[C@H](OC(=O)c2ccccc2C(F)(F)F)[C@@H](OC(=O)c2ccccc2C(F)(F)F)[C@@H]2OC3(CCCCC3)O[C@@H]2[C@H]1OC(=O)c1ccccc1C(F)(F)F)c1ccccc1C(F)(F)F. The second-order valence-electron chi connectivity index (χ2n) is 15.3. The predicted molar refractivity (Wildman–Crippen MR) is 198 cm³/mol. The lowest BCUT2D eigenvalue weighted by Gasteiger charge is -2.45. The molecule has 4 aromatic carbocycles. The fraction of sp³-hybridized carbons (Fsp3) is 0.364. The maximum absolute atomic E-state index is 14.3. The number of ether oxygens (including phenoxy) is 6. The number of halogens is 12. The monoisotopic (exact) mass is 948 g/mol. The molecule has 4 aromatic rings. The Labute approximate surface area is 364 Å². The molecule has 1 heterocycles. The van der Waals surface area contributed by atoms with E-state index >= 15 is 0 Å². The first-order chi connectivity index (χ1) is 30.9. The van der Waals surface area contributed by atoms with E-state index in [1.807, 2.05) is 0 Å². The third-order valence-electron chi connectivity index (χ3n) is 11.0. The molecule has 0 bridgehead atoms. The molecule has 0 aromatic heterocycles. The molecule has 3 fully saturated rings. The zero-order chi connectivity index (χ0) is 48.0. The van der Waals surface area contributed by atoms with E-state index in [2.05, 4.69) is 0 Å². The molecular formula is C44H32F12O10. The molecule has 66 heavy (non-hydrogen) atoms. The van der Waals surface area contributed by atoms with E-state index in [-0.39, 0.29) is 12.8 Å². The zero-order valence-corrected chi connectivity index (χ0v) is 33.4. The molecule has 0 amide bonds. The quantitative estimate of drug-likeness (QED) is 0.0958. The number of carbonyl (C=O) groups excluding carboxylic acids is 4. The lowest BCUT2D eigenvalue weighted by atomic mass is 9.83. The summed E-state index contributed by atoms with van der Waals surface area (Å²) < 4.78 is 206. The first kappa shape index (κ1) is 47.8. The van der Waals surface area contributed by atoms with Gasteiger partial charge in [-0.1, -0.05) is 55.0 Å². The van der Waals surface area contributed by atoms with Crippen molar-refractivity contribution < 1.29 is 100 Å². The summed E-state index contributed by atoms with van der Waals surface area (Å²) in [7, 11) is 0. The van der Waals surface area contributed by atoms with E-state index in [9.17, 15) is 71.9 Å². The Hall–Kier alpha value is -6.16. The molecule has 0 radical (unpaired) electrons. The van der Waals surface area contributed by atoms with Gasteiger partial charge < -0.3 is 28.4 Å². The molecular weight excluding hydrogens is 916 g/mol. The molecule has 1 aliphatic heterocycles. The van der Waals surface area contributed by atoms with Crippen LogP contribution < -0.4 is 0 Å². The summed E-state index contributed by atoms with van der Waals surface area (Å²) >= 11 is 0. The van der Waals surface area contributed by atoms with Gasteiger partial charge in [-0.15, -0.1) is 0 Å². The molecule has 0 N–H and O–H groups in total. The van der Waals surface area contributed by atoms with Gasteiger partial charge in [-0.3, -0.25) is 0 Å². The van der Waals surface area contributed by atoms with Crippen LogP contribution in [-0.2, 0) is 53.1 Å². The minimum absolute atomic E-state index is 0.0258. The minimum Gasteiger partial charge on any atom is -0.452 e. The topological polar surface area (TPSA) is 124 Å². The van der Waals surface area contributed by atoms with Crippen molar-refractivity contribution in [3.05, 3.63) is 142 Å². The second-order valence-corrected chi connectivity index (χ2v) is 15.3. The van der Waals surface area contributed by atoms with E-state index in [1.54, 1.807) is 0 Å². The number of hydrogen-bond acceptors (Lipinski definition) is 10. The third-order valence-corrected chi connectivity index (χ3v) is 11.0. The molecule has 6 atom stereocenters. The first-order valence-electron chi connectivity index (χ1n) is 19.7. The summed E-state index contributed by atoms with van der Waals surface area (Å²) in [5, 5.41) is 0. The first-order valence-corrected chi connectivity index (χ1v) is 19.7. The molecule has 10 nitrogen and oxygen atoms in total. The van der Waals surface area contributed by atoms with Crippen molar-refractivity contribution in [3.8, 4) is 0 Å². The lowest BCUT2D eigenvalue weighted by molar-refractivity contribution is -0.203. The third kappa shape index (κ3) is 9.84. The molecule has 22 heteroatoms. The standard InChI is InChI=1S/C44H32F12O10/c45-41(46,47)26-16-6-2-12-22(26)36(57)61-30-31(62-37(58)23-13-3-7-17-27(23)42(48,49)50)33(64-39(60)25-15-5-9-19-29(25)44(54,55)56)35-34(65-40(66-35)20-10-1-11-21-40)32(30)63-38(59)24-14-4-8-18-28(24)43(51,52)53/h2-9,12-19,30-35H,1,10-11,20-21H2/t30-,31+,32+,33-,34-,35+. The maximum atomic E-state index is 14.3. The Morgan fingerprint density at radius 1 is 0.394 bits per heavy atom. The van der Waals surface area contributed by atoms with E-state index in [4.69, 9.17) is 28.4 Å². The van der Waals surface area contributed by atoms with Crippen LogP contribution >= 0.6 is 0 Å². The van der Waals surface area contributed by atoms with Crippen molar-refractivity contribution in [2.75, 3.05) is 0 Å². The van der Waals surface area contributed by atoms with Gasteiger partial charge in [0.25, 0.3) is 0 Å². The van der Waals surface area contributed by atoms with Gasteiger partial charge >= 0.3 is 48.6 Å². The van der Waals surface area contributed by atoms with E-state index in [0.717, 1.165) is 48.5 Å². The fourth-order valence-corrected chi connectivity index (χ4v) is 8.16. The number of hydrogen-bond donors (Lipinski definition) is 0. The van der Waals surface area contributed by atoms with Gasteiger partial charge in [0, 0.05) is 12.8 Å². The van der Waals surface area contributed by atoms with Crippen LogP contribution in [0.25, 0.3) is 0 Å². The van der Waals surface area contributed by atoms with Gasteiger partial charge in [-0.05, 0) is 61.4 Å². The van der Waals surface area contributed by atoms with Crippen molar-refractivity contribution in [3.63, 3.8) is 0 Å². The Balaban J connectivity index is 1.44. The predicted octanol–water partition coefficient (Wildman–Crippen LogP) is 10.4. The lowest BCUT2D eigenvalue weighted by Crippen LogP contribution is -2.66. The number of carbonyl (C=O) groups is 4. The summed E-state index contributed by atoms with van der Waals surface area (Å²) in [4.78, 5) is 56.0. The number of esters is 4. The Kier molecular flexibility index (Phi) is 13.0. The van der Waals surface area contributed by atoms with Crippen LogP contribution in [-0.4, -0.2) is 66.3 Å². The highest BCUT2D eigenvalue weighted by Crippen LogP contribution is 2.49. The maximum Gasteiger partial charge on any atom is 0.417 e. The van der Waals surface area contributed by atoms with Crippen molar-refractivity contribution in [1.29, 1.82) is 0 Å². The summed E-state index contributed by atoms with van der Waals surface area (Å²) in [6, 6.07) is 11.8. The molecule has 3 aliphatic rings. The zero-order valence-electron chi connectivity index (χ0n) is 33.4. The highest BCUT2D eigenvalue weighted by molar-refractivity contribution is 5.94. The van der Waals surface area contributed by atoms with Crippen molar-refractivity contribution in [2.45, 2.75) is 99.2 Å². The van der Waals surface area contributed by atoms with E-state index < -0.39 is 136 Å². The number of benzene rings is 4. The molecule has 1 saturated heterocycles. The number of fused-ring (bicyclic) bond motifs is 1. The smallest absolute Gasteiger partial charge is 0.417 e. The van der Waals surface area contributed by atoms with Crippen LogP contribution in [0.2, 0.25) is 0 Å². The van der Waals surface area contributed by atoms with Gasteiger partial charge in [-0.2, -0.15) is 52.7 Å². The fourth-order valence-electron chi connectivity index (χ4n) is 8.16. The van der Waals surface area contributed by atoms with Gasteiger partial charge in [-0.25, -0.2) is 19.2 Å². The second kappa shape index (κ2) is 17.9. The summed E-state index contributed by atoms with van der Waals surface area (Å²) in [5.74, 6) is -9.47. The average Bonchev–Trinajstić information content (AvgIpc) is 3.62. The Morgan fingerprint density at radius 2 is 0.636 bits per heavy atom. The van der Waals surface area contributed by atoms with Crippen LogP contribution in [0.4, 0.5) is 52.7 Å². The highest BCUT2D eigenvalue weighted by atomic mass is 19.4. The van der Waals surface area contributed by atoms with Crippen molar-refractivity contribution in [1.82, 2.24) is 0 Å². The van der Waals surface area contributed by atoms with E-state index in [0.29, 0.717) is 67.8 Å². The molecule has 352 valence electrons. The summed E-state index contributed by atoms with van der Waals surface area (Å²) in [5.41, 5.74) is -11.4. The van der Waals surface area contributed by atoms with Gasteiger partial charge in [0.1, 0.15) is 12.2 Å². The highest BCUT2D eigenvalue weighted by Gasteiger charge is 2.66. The number of rotatable bonds is 8.